The van der Waals surface area contributed by atoms with Gasteiger partial charge >= 0.3 is 5.69 Å². The summed E-state index contributed by atoms with van der Waals surface area (Å²) in [6, 6.07) is 8.64. The highest BCUT2D eigenvalue weighted by molar-refractivity contribution is 5.39. The van der Waals surface area contributed by atoms with Gasteiger partial charge in [0.25, 0.3) is 5.56 Å². The molecule has 1 saturated heterocycles. The Labute approximate surface area is 121 Å². The molecule has 1 aromatic carbocycles. The Balaban J connectivity index is 1.85. The second kappa shape index (κ2) is 5.97. The fourth-order valence-electron chi connectivity index (χ4n) is 2.43. The predicted octanol–water partition coefficient (Wildman–Crippen LogP) is 0.657. The number of ether oxygens (including phenoxy) is 1. The zero-order chi connectivity index (χ0) is 14.7. The highest BCUT2D eigenvalue weighted by Crippen LogP contribution is 2.19. The average Bonchev–Trinajstić information content (AvgIpc) is 2.48. The zero-order valence-electron chi connectivity index (χ0n) is 11.5. The van der Waals surface area contributed by atoms with Crippen LogP contribution in [0.5, 0.6) is 5.75 Å². The Morgan fingerprint density at radius 1 is 1.14 bits per heavy atom. The second-order valence-electron chi connectivity index (χ2n) is 5.04. The first-order valence-electron chi connectivity index (χ1n) is 7.02. The summed E-state index contributed by atoms with van der Waals surface area (Å²) in [6.07, 6.45) is 3.62. The summed E-state index contributed by atoms with van der Waals surface area (Å²) >= 11 is 0. The van der Waals surface area contributed by atoms with Crippen LogP contribution in [0.3, 0.4) is 0 Å². The van der Waals surface area contributed by atoms with Crippen molar-refractivity contribution in [1.29, 1.82) is 0 Å². The minimum absolute atomic E-state index is 0.203. The maximum atomic E-state index is 11.8. The number of benzene rings is 1. The van der Waals surface area contributed by atoms with Gasteiger partial charge in [-0.3, -0.25) is 14.3 Å². The normalized spacial score (nSPS) is 15.8. The molecule has 3 rings (SSSR count). The van der Waals surface area contributed by atoms with Crippen LogP contribution in [-0.4, -0.2) is 28.7 Å². The van der Waals surface area contributed by atoms with Crippen molar-refractivity contribution in [2.24, 2.45) is 0 Å². The fourth-order valence-corrected chi connectivity index (χ4v) is 2.43. The Morgan fingerprint density at radius 2 is 1.95 bits per heavy atom. The van der Waals surface area contributed by atoms with Gasteiger partial charge in [0.1, 0.15) is 11.9 Å². The summed E-state index contributed by atoms with van der Waals surface area (Å²) in [6.45, 7) is 1.92. The standard InChI is InChI=1S/C15H17N3O3/c19-14-6-9-18(15(20)17-14)11-2-1-3-13(10-11)21-12-4-7-16-8-5-12/h1-3,6,9-10,12,16H,4-5,7-8H2,(H,17,19,20). The van der Waals surface area contributed by atoms with E-state index < -0.39 is 11.2 Å². The molecule has 1 fully saturated rings. The molecule has 0 bridgehead atoms. The van der Waals surface area contributed by atoms with Gasteiger partial charge in [0.05, 0.1) is 5.69 Å². The molecular formula is C15H17N3O3. The van der Waals surface area contributed by atoms with Crippen LogP contribution in [0, 0.1) is 0 Å². The van der Waals surface area contributed by atoms with Crippen LogP contribution in [0.15, 0.2) is 46.1 Å². The fraction of sp³-hybridized carbons (Fsp3) is 0.333. The molecule has 2 aromatic rings. The van der Waals surface area contributed by atoms with Gasteiger partial charge in [-0.15, -0.1) is 0 Å². The van der Waals surface area contributed by atoms with Crippen LogP contribution in [-0.2, 0) is 0 Å². The van der Waals surface area contributed by atoms with Crippen molar-refractivity contribution in [3.8, 4) is 11.4 Å². The number of hydrogen-bond acceptors (Lipinski definition) is 4. The van der Waals surface area contributed by atoms with Gasteiger partial charge < -0.3 is 10.1 Å². The molecule has 0 aliphatic carbocycles. The van der Waals surface area contributed by atoms with Crippen molar-refractivity contribution >= 4 is 0 Å². The second-order valence-corrected chi connectivity index (χ2v) is 5.04. The smallest absolute Gasteiger partial charge is 0.332 e. The highest BCUT2D eigenvalue weighted by Gasteiger charge is 2.14. The highest BCUT2D eigenvalue weighted by atomic mass is 16.5. The topological polar surface area (TPSA) is 76.1 Å². The van der Waals surface area contributed by atoms with Crippen LogP contribution in [0.4, 0.5) is 0 Å². The molecule has 0 spiro atoms. The molecule has 0 unspecified atom stereocenters. The number of nitrogens with one attached hydrogen (secondary N) is 2. The Morgan fingerprint density at radius 3 is 2.71 bits per heavy atom. The van der Waals surface area contributed by atoms with Crippen molar-refractivity contribution in [1.82, 2.24) is 14.9 Å². The van der Waals surface area contributed by atoms with Gasteiger partial charge in [-0.25, -0.2) is 4.79 Å². The van der Waals surface area contributed by atoms with Crippen LogP contribution >= 0.6 is 0 Å². The average molecular weight is 287 g/mol. The van der Waals surface area contributed by atoms with Gasteiger partial charge in [-0.1, -0.05) is 6.07 Å². The van der Waals surface area contributed by atoms with Crippen molar-refractivity contribution in [2.75, 3.05) is 13.1 Å². The number of piperidine rings is 1. The first-order chi connectivity index (χ1) is 10.2. The molecule has 6 nitrogen and oxygen atoms in total. The minimum atomic E-state index is -0.457. The monoisotopic (exact) mass is 287 g/mol. The summed E-state index contributed by atoms with van der Waals surface area (Å²) in [4.78, 5) is 25.1. The van der Waals surface area contributed by atoms with E-state index in [1.54, 1.807) is 6.07 Å². The number of rotatable bonds is 3. The molecule has 2 N–H and O–H groups in total. The van der Waals surface area contributed by atoms with Crippen molar-refractivity contribution in [3.63, 3.8) is 0 Å². The van der Waals surface area contributed by atoms with Gasteiger partial charge in [-0.05, 0) is 38.1 Å². The molecule has 21 heavy (non-hydrogen) atoms. The maximum absolute atomic E-state index is 11.8. The van der Waals surface area contributed by atoms with Crippen LogP contribution in [0.25, 0.3) is 5.69 Å². The lowest BCUT2D eigenvalue weighted by Crippen LogP contribution is -2.34. The van der Waals surface area contributed by atoms with E-state index in [1.165, 1.54) is 16.8 Å². The summed E-state index contributed by atoms with van der Waals surface area (Å²) in [5.41, 5.74) is -0.192. The van der Waals surface area contributed by atoms with Crippen molar-refractivity contribution in [2.45, 2.75) is 18.9 Å². The first-order valence-corrected chi connectivity index (χ1v) is 7.02. The van der Waals surface area contributed by atoms with Crippen LogP contribution in [0.2, 0.25) is 0 Å². The van der Waals surface area contributed by atoms with Gasteiger partial charge in [0.15, 0.2) is 0 Å². The molecule has 0 amide bonds. The number of aromatic amines is 1. The number of aromatic nitrogens is 2. The summed E-state index contributed by atoms with van der Waals surface area (Å²) in [5.74, 6) is 0.734. The van der Waals surface area contributed by atoms with Crippen LogP contribution < -0.4 is 21.3 Å². The molecule has 2 heterocycles. The van der Waals surface area contributed by atoms with Gasteiger partial charge in [0.2, 0.25) is 0 Å². The molecule has 0 radical (unpaired) electrons. The van der Waals surface area contributed by atoms with E-state index >= 15 is 0 Å². The van der Waals surface area contributed by atoms with Gasteiger partial charge in [-0.2, -0.15) is 0 Å². The molecule has 1 aliphatic heterocycles. The molecular weight excluding hydrogens is 270 g/mol. The quantitative estimate of drug-likeness (QED) is 0.869. The van der Waals surface area contributed by atoms with Gasteiger partial charge in [0, 0.05) is 18.3 Å². The SMILES string of the molecule is O=c1ccn(-c2cccc(OC3CCNCC3)c2)c(=O)[nH]1. The predicted molar refractivity (Wildman–Crippen MR) is 79.2 cm³/mol. The summed E-state index contributed by atoms with van der Waals surface area (Å²) < 4.78 is 7.34. The third kappa shape index (κ3) is 3.22. The van der Waals surface area contributed by atoms with E-state index in [9.17, 15) is 9.59 Å². The maximum Gasteiger partial charge on any atom is 0.332 e. The molecule has 0 saturated carbocycles. The number of H-pyrrole nitrogens is 1. The molecule has 110 valence electrons. The van der Waals surface area contributed by atoms with Crippen molar-refractivity contribution < 1.29 is 4.74 Å². The van der Waals surface area contributed by atoms with E-state index in [4.69, 9.17) is 4.74 Å². The van der Waals surface area contributed by atoms with E-state index in [2.05, 4.69) is 10.3 Å². The molecule has 1 aromatic heterocycles. The number of nitrogens with zero attached hydrogens (tertiary/aromatic N) is 1. The summed E-state index contributed by atoms with van der Waals surface area (Å²) in [5, 5.41) is 3.29. The van der Waals surface area contributed by atoms with Crippen molar-refractivity contribution in [3.05, 3.63) is 57.4 Å². The molecule has 1 aliphatic rings. The Kier molecular flexibility index (Phi) is 3.87. The summed E-state index contributed by atoms with van der Waals surface area (Å²) in [7, 11) is 0. The number of hydrogen-bond donors (Lipinski definition) is 2. The van der Waals surface area contributed by atoms with E-state index in [-0.39, 0.29) is 6.10 Å². The van der Waals surface area contributed by atoms with Crippen LogP contribution in [0.1, 0.15) is 12.8 Å². The minimum Gasteiger partial charge on any atom is -0.490 e. The van der Waals surface area contributed by atoms with E-state index in [0.29, 0.717) is 5.69 Å². The lowest BCUT2D eigenvalue weighted by Gasteiger charge is -2.24. The lowest BCUT2D eigenvalue weighted by molar-refractivity contribution is 0.162. The molecule has 0 atom stereocenters. The Hall–Kier alpha value is -2.34. The molecule has 6 heteroatoms. The lowest BCUT2D eigenvalue weighted by atomic mass is 10.1. The van der Waals surface area contributed by atoms with E-state index in [1.807, 2.05) is 18.2 Å². The zero-order valence-corrected chi connectivity index (χ0v) is 11.5. The third-order valence-corrected chi connectivity index (χ3v) is 3.51. The van der Waals surface area contributed by atoms with E-state index in [0.717, 1.165) is 31.7 Å². The Bertz CT molecular complexity index is 729. The first kappa shape index (κ1) is 13.6. The largest absolute Gasteiger partial charge is 0.490 e. The third-order valence-electron chi connectivity index (χ3n) is 3.51.